The standard InChI is InChI=1S/C20H28N2O4S/c1-16-9-14-26-20(15-16)10-12-21(13-11-20)19(23)17(2)22(27(3,24)25)18-7-5-4-6-8-18/h4-8,15,17H,9-14H2,1-3H3. The van der Waals surface area contributed by atoms with Gasteiger partial charge in [0.1, 0.15) is 6.04 Å². The van der Waals surface area contributed by atoms with E-state index in [2.05, 4.69) is 13.0 Å². The molecule has 1 spiro atoms. The zero-order chi connectivity index (χ0) is 19.7. The van der Waals surface area contributed by atoms with Crippen LogP contribution in [0, 0.1) is 0 Å². The number of piperidine rings is 1. The van der Waals surface area contributed by atoms with Crippen molar-refractivity contribution in [2.75, 3.05) is 30.3 Å². The van der Waals surface area contributed by atoms with Crippen LogP contribution in [0.2, 0.25) is 0 Å². The summed E-state index contributed by atoms with van der Waals surface area (Å²) in [6.07, 6.45) is 5.79. The zero-order valence-corrected chi connectivity index (χ0v) is 17.0. The molecule has 2 heterocycles. The largest absolute Gasteiger partial charge is 0.370 e. The van der Waals surface area contributed by atoms with Gasteiger partial charge in [0.15, 0.2) is 0 Å². The van der Waals surface area contributed by atoms with Gasteiger partial charge in [-0.15, -0.1) is 0 Å². The van der Waals surface area contributed by atoms with Gasteiger partial charge in [-0.3, -0.25) is 9.10 Å². The number of rotatable bonds is 4. The second kappa shape index (κ2) is 7.64. The molecule has 148 valence electrons. The van der Waals surface area contributed by atoms with Gasteiger partial charge in [0.25, 0.3) is 0 Å². The van der Waals surface area contributed by atoms with Crippen molar-refractivity contribution in [2.45, 2.75) is 44.8 Å². The number of amides is 1. The lowest BCUT2D eigenvalue weighted by Crippen LogP contribution is -2.54. The monoisotopic (exact) mass is 392 g/mol. The Morgan fingerprint density at radius 3 is 2.41 bits per heavy atom. The number of benzene rings is 1. The van der Waals surface area contributed by atoms with Crippen molar-refractivity contribution < 1.29 is 17.9 Å². The number of hydrogen-bond donors (Lipinski definition) is 0. The number of carbonyl (C=O) groups excluding carboxylic acids is 1. The summed E-state index contributed by atoms with van der Waals surface area (Å²) in [6, 6.07) is 7.98. The first-order chi connectivity index (χ1) is 12.7. The third kappa shape index (κ3) is 4.35. The van der Waals surface area contributed by atoms with Gasteiger partial charge in [-0.25, -0.2) is 8.42 Å². The van der Waals surface area contributed by atoms with E-state index in [9.17, 15) is 13.2 Å². The minimum atomic E-state index is -3.58. The molecule has 2 aliphatic rings. The Labute approximate surface area is 161 Å². The summed E-state index contributed by atoms with van der Waals surface area (Å²) >= 11 is 0. The highest BCUT2D eigenvalue weighted by molar-refractivity contribution is 7.92. The molecule has 0 aromatic heterocycles. The number of sulfonamides is 1. The fraction of sp³-hybridized carbons (Fsp3) is 0.550. The zero-order valence-electron chi connectivity index (χ0n) is 16.2. The highest BCUT2D eigenvalue weighted by Gasteiger charge is 2.39. The van der Waals surface area contributed by atoms with E-state index in [1.54, 1.807) is 36.1 Å². The number of para-hydroxylation sites is 1. The molecule has 1 aromatic carbocycles. The van der Waals surface area contributed by atoms with Crippen LogP contribution in [0.5, 0.6) is 0 Å². The maximum absolute atomic E-state index is 13.1. The summed E-state index contributed by atoms with van der Waals surface area (Å²) in [5, 5.41) is 0. The van der Waals surface area contributed by atoms with Crippen LogP contribution < -0.4 is 4.31 Å². The predicted octanol–water partition coefficient (Wildman–Crippen LogP) is 2.57. The van der Waals surface area contributed by atoms with Gasteiger partial charge in [-0.05, 0) is 45.2 Å². The predicted molar refractivity (Wildman–Crippen MR) is 106 cm³/mol. The molecule has 0 saturated carbocycles. The van der Waals surface area contributed by atoms with E-state index in [0.29, 0.717) is 18.8 Å². The Morgan fingerprint density at radius 1 is 1.22 bits per heavy atom. The van der Waals surface area contributed by atoms with Crippen LogP contribution >= 0.6 is 0 Å². The first kappa shape index (κ1) is 19.9. The van der Waals surface area contributed by atoms with Crippen molar-refractivity contribution in [3.8, 4) is 0 Å². The average Bonchev–Trinajstić information content (AvgIpc) is 2.61. The molecule has 1 fully saturated rings. The lowest BCUT2D eigenvalue weighted by Gasteiger charge is -2.43. The Kier molecular flexibility index (Phi) is 5.63. The summed E-state index contributed by atoms with van der Waals surface area (Å²) in [5.41, 5.74) is 1.57. The van der Waals surface area contributed by atoms with Crippen LogP contribution in [-0.2, 0) is 19.6 Å². The van der Waals surface area contributed by atoms with Gasteiger partial charge in [0.05, 0.1) is 24.2 Å². The van der Waals surface area contributed by atoms with Gasteiger partial charge in [-0.2, -0.15) is 0 Å². The molecule has 3 rings (SSSR count). The smallest absolute Gasteiger partial charge is 0.246 e. The van der Waals surface area contributed by atoms with Crippen LogP contribution in [0.25, 0.3) is 0 Å². The molecule has 6 nitrogen and oxygen atoms in total. The van der Waals surface area contributed by atoms with Crippen molar-refractivity contribution in [3.63, 3.8) is 0 Å². The van der Waals surface area contributed by atoms with E-state index < -0.39 is 16.1 Å². The van der Waals surface area contributed by atoms with E-state index >= 15 is 0 Å². The molecule has 7 heteroatoms. The fourth-order valence-corrected chi connectivity index (χ4v) is 5.18. The molecule has 0 aliphatic carbocycles. The highest BCUT2D eigenvalue weighted by Crippen LogP contribution is 2.33. The van der Waals surface area contributed by atoms with Crippen molar-refractivity contribution in [3.05, 3.63) is 42.0 Å². The molecule has 1 unspecified atom stereocenters. The third-order valence-electron chi connectivity index (χ3n) is 5.39. The molecule has 1 saturated heterocycles. The van der Waals surface area contributed by atoms with Crippen molar-refractivity contribution in [1.29, 1.82) is 0 Å². The lowest BCUT2D eigenvalue weighted by atomic mass is 9.87. The molecule has 2 aliphatic heterocycles. The minimum Gasteiger partial charge on any atom is -0.370 e. The number of ether oxygens (including phenoxy) is 1. The Morgan fingerprint density at radius 2 is 1.85 bits per heavy atom. The summed E-state index contributed by atoms with van der Waals surface area (Å²) < 4.78 is 32.0. The topological polar surface area (TPSA) is 66.9 Å². The molecule has 0 N–H and O–H groups in total. The lowest BCUT2D eigenvalue weighted by molar-refractivity contribution is -0.137. The van der Waals surface area contributed by atoms with Crippen molar-refractivity contribution in [2.24, 2.45) is 0 Å². The molecule has 1 aromatic rings. The number of carbonyl (C=O) groups is 1. The first-order valence-corrected chi connectivity index (χ1v) is 11.2. The Bertz CT molecular complexity index is 812. The molecule has 1 atom stereocenters. The number of anilines is 1. The Balaban J connectivity index is 1.74. The quantitative estimate of drug-likeness (QED) is 0.739. The van der Waals surface area contributed by atoms with Crippen molar-refractivity contribution in [1.82, 2.24) is 4.90 Å². The normalized spacial score (nSPS) is 20.9. The van der Waals surface area contributed by atoms with Crippen LogP contribution in [-0.4, -0.2) is 56.8 Å². The van der Waals surface area contributed by atoms with Crippen LogP contribution in [0.4, 0.5) is 5.69 Å². The molecule has 0 radical (unpaired) electrons. The van der Waals surface area contributed by atoms with Crippen LogP contribution in [0.1, 0.15) is 33.1 Å². The van der Waals surface area contributed by atoms with Crippen LogP contribution in [0.3, 0.4) is 0 Å². The second-order valence-corrected chi connectivity index (χ2v) is 9.41. The van der Waals surface area contributed by atoms with Gasteiger partial charge in [0, 0.05) is 13.1 Å². The van der Waals surface area contributed by atoms with Gasteiger partial charge < -0.3 is 9.64 Å². The number of nitrogens with zero attached hydrogens (tertiary/aromatic N) is 2. The molecular weight excluding hydrogens is 364 g/mol. The summed E-state index contributed by atoms with van der Waals surface area (Å²) in [7, 11) is -3.58. The fourth-order valence-electron chi connectivity index (χ4n) is 4.01. The second-order valence-electron chi connectivity index (χ2n) is 7.55. The Hall–Kier alpha value is -1.86. The number of hydrogen-bond acceptors (Lipinski definition) is 4. The molecular formula is C20H28N2O4S. The van der Waals surface area contributed by atoms with E-state index in [1.807, 2.05) is 6.07 Å². The molecule has 27 heavy (non-hydrogen) atoms. The maximum atomic E-state index is 13.1. The minimum absolute atomic E-state index is 0.171. The third-order valence-corrected chi connectivity index (χ3v) is 6.64. The van der Waals surface area contributed by atoms with E-state index in [4.69, 9.17) is 4.74 Å². The van der Waals surface area contributed by atoms with E-state index in [-0.39, 0.29) is 11.5 Å². The van der Waals surface area contributed by atoms with Crippen molar-refractivity contribution >= 4 is 21.6 Å². The average molecular weight is 393 g/mol. The van der Waals surface area contributed by atoms with E-state index in [0.717, 1.165) is 32.1 Å². The molecule has 1 amide bonds. The van der Waals surface area contributed by atoms with Gasteiger partial charge in [-0.1, -0.05) is 29.8 Å². The van der Waals surface area contributed by atoms with Gasteiger partial charge in [0.2, 0.25) is 15.9 Å². The molecule has 0 bridgehead atoms. The summed E-state index contributed by atoms with van der Waals surface area (Å²) in [4.78, 5) is 14.8. The van der Waals surface area contributed by atoms with Gasteiger partial charge >= 0.3 is 0 Å². The van der Waals surface area contributed by atoms with Crippen LogP contribution in [0.15, 0.2) is 42.0 Å². The van der Waals surface area contributed by atoms with E-state index in [1.165, 1.54) is 9.88 Å². The first-order valence-electron chi connectivity index (χ1n) is 9.37. The highest BCUT2D eigenvalue weighted by atomic mass is 32.2. The summed E-state index contributed by atoms with van der Waals surface area (Å²) in [5.74, 6) is -0.171. The summed E-state index contributed by atoms with van der Waals surface area (Å²) in [6.45, 7) is 5.64. The maximum Gasteiger partial charge on any atom is 0.246 e. The SMILES string of the molecule is CC1=CC2(CCN(C(=O)C(C)N(c3ccccc3)S(C)(=O)=O)CC2)OCC1. The number of likely N-dealkylation sites (tertiary alicyclic amines) is 1.